The fraction of sp³-hybridized carbons (Fsp3) is 0.333. The number of unbranched alkanes of at least 4 members (excludes halogenated alkanes) is 1. The number of methoxy groups -OCH3 is 1. The summed E-state index contributed by atoms with van der Waals surface area (Å²) in [6.07, 6.45) is 1.66. The Hall–Kier alpha value is -3.92. The standard InChI is InChI=1S/C30H36FN3O5S/c1-5-6-18-32-30(36)23(3)33(20-24-10-9-11-25(19-24)39-4)29(35)21-34(28-13-8-7-12-27(28)31)40(37,38)26-16-14-22(2)15-17-26/h7-17,19,23H,5-6,18,20-21H2,1-4H3,(H,32,36). The Labute approximate surface area is 235 Å². The minimum atomic E-state index is -4.34. The van der Waals surface area contributed by atoms with Crippen LogP contribution in [0.25, 0.3) is 0 Å². The number of ether oxygens (including phenoxy) is 1. The molecule has 8 nitrogen and oxygen atoms in total. The van der Waals surface area contributed by atoms with E-state index < -0.39 is 34.3 Å². The summed E-state index contributed by atoms with van der Waals surface area (Å²) in [4.78, 5) is 28.1. The molecule has 0 aliphatic carbocycles. The predicted octanol–water partition coefficient (Wildman–Crippen LogP) is 4.67. The van der Waals surface area contributed by atoms with Crippen LogP contribution in [0, 0.1) is 12.7 Å². The van der Waals surface area contributed by atoms with Crippen LogP contribution >= 0.6 is 0 Å². The van der Waals surface area contributed by atoms with Crippen LogP contribution in [0.4, 0.5) is 10.1 Å². The Bertz CT molecular complexity index is 1410. The normalized spacial score (nSPS) is 11.9. The number of anilines is 1. The maximum Gasteiger partial charge on any atom is 0.264 e. The number of rotatable bonds is 13. The molecule has 3 aromatic rings. The molecule has 0 fully saturated rings. The number of aryl methyl sites for hydroxylation is 1. The average molecular weight is 570 g/mol. The van der Waals surface area contributed by atoms with Crippen molar-refractivity contribution in [1.82, 2.24) is 10.2 Å². The van der Waals surface area contributed by atoms with Gasteiger partial charge < -0.3 is 15.0 Å². The zero-order valence-electron chi connectivity index (χ0n) is 23.3. The number of para-hydroxylation sites is 1. The molecule has 3 aromatic carbocycles. The van der Waals surface area contributed by atoms with Crippen LogP contribution in [0.15, 0.2) is 77.7 Å². The second kappa shape index (κ2) is 13.9. The maximum atomic E-state index is 15.0. The smallest absolute Gasteiger partial charge is 0.264 e. The predicted molar refractivity (Wildman–Crippen MR) is 153 cm³/mol. The molecule has 1 unspecified atom stereocenters. The molecule has 0 spiro atoms. The van der Waals surface area contributed by atoms with Gasteiger partial charge in [-0.2, -0.15) is 0 Å². The Morgan fingerprint density at radius 3 is 2.38 bits per heavy atom. The van der Waals surface area contributed by atoms with E-state index in [1.807, 2.05) is 13.8 Å². The quantitative estimate of drug-likeness (QED) is 0.302. The molecule has 0 saturated heterocycles. The molecule has 0 bridgehead atoms. The lowest BCUT2D eigenvalue weighted by Gasteiger charge is -2.32. The van der Waals surface area contributed by atoms with Crippen molar-refractivity contribution in [3.05, 3.63) is 89.7 Å². The monoisotopic (exact) mass is 569 g/mol. The van der Waals surface area contributed by atoms with E-state index >= 15 is 0 Å². The van der Waals surface area contributed by atoms with Crippen molar-refractivity contribution in [2.45, 2.75) is 51.1 Å². The van der Waals surface area contributed by atoms with Crippen LogP contribution in [-0.4, -0.2) is 51.4 Å². The van der Waals surface area contributed by atoms with Gasteiger partial charge in [-0.15, -0.1) is 0 Å². The van der Waals surface area contributed by atoms with Gasteiger partial charge in [-0.05, 0) is 62.2 Å². The number of nitrogens with zero attached hydrogens (tertiary/aromatic N) is 2. The van der Waals surface area contributed by atoms with E-state index in [4.69, 9.17) is 4.74 Å². The van der Waals surface area contributed by atoms with Gasteiger partial charge in [0.15, 0.2) is 0 Å². The van der Waals surface area contributed by atoms with Crippen LogP contribution in [0.2, 0.25) is 0 Å². The minimum absolute atomic E-state index is 0.00802. The van der Waals surface area contributed by atoms with Gasteiger partial charge in [0, 0.05) is 13.1 Å². The van der Waals surface area contributed by atoms with Crippen molar-refractivity contribution >= 4 is 27.5 Å². The van der Waals surface area contributed by atoms with Crippen LogP contribution in [0.1, 0.15) is 37.8 Å². The lowest BCUT2D eigenvalue weighted by molar-refractivity contribution is -0.139. The van der Waals surface area contributed by atoms with Crippen LogP contribution in [0.5, 0.6) is 5.75 Å². The van der Waals surface area contributed by atoms with Gasteiger partial charge in [0.25, 0.3) is 10.0 Å². The van der Waals surface area contributed by atoms with Gasteiger partial charge >= 0.3 is 0 Å². The molecule has 2 amide bonds. The number of amides is 2. The third kappa shape index (κ3) is 7.59. The maximum absolute atomic E-state index is 15.0. The first kappa shape index (κ1) is 30.6. The topological polar surface area (TPSA) is 96.0 Å². The lowest BCUT2D eigenvalue weighted by atomic mass is 10.1. The summed E-state index contributed by atoms with van der Waals surface area (Å²) in [5.74, 6) is -1.26. The van der Waals surface area contributed by atoms with E-state index in [0.29, 0.717) is 17.9 Å². The van der Waals surface area contributed by atoms with Gasteiger partial charge in [-0.1, -0.05) is 55.3 Å². The van der Waals surface area contributed by atoms with E-state index in [2.05, 4.69) is 5.32 Å². The molecule has 0 saturated carbocycles. The minimum Gasteiger partial charge on any atom is -0.497 e. The number of nitrogens with one attached hydrogen (secondary N) is 1. The molecular formula is C30H36FN3O5S. The molecule has 0 heterocycles. The molecule has 10 heteroatoms. The van der Waals surface area contributed by atoms with Crippen molar-refractivity contribution in [3.63, 3.8) is 0 Å². The number of benzene rings is 3. The molecule has 3 rings (SSSR count). The number of carbonyl (C=O) groups excluding carboxylic acids is 2. The number of hydrogen-bond acceptors (Lipinski definition) is 5. The molecule has 1 N–H and O–H groups in total. The molecule has 0 aromatic heterocycles. The van der Waals surface area contributed by atoms with E-state index in [9.17, 15) is 22.4 Å². The summed E-state index contributed by atoms with van der Waals surface area (Å²) in [5, 5.41) is 2.83. The molecule has 1 atom stereocenters. The van der Waals surface area contributed by atoms with Gasteiger partial charge in [0.2, 0.25) is 11.8 Å². The first-order valence-electron chi connectivity index (χ1n) is 13.1. The number of sulfonamides is 1. The molecule has 40 heavy (non-hydrogen) atoms. The SMILES string of the molecule is CCCCNC(=O)C(C)N(Cc1cccc(OC)c1)C(=O)CN(c1ccccc1F)S(=O)(=O)c1ccc(C)cc1. The highest BCUT2D eigenvalue weighted by atomic mass is 32.2. The fourth-order valence-corrected chi connectivity index (χ4v) is 5.51. The Morgan fingerprint density at radius 2 is 1.73 bits per heavy atom. The van der Waals surface area contributed by atoms with Crippen molar-refractivity contribution in [3.8, 4) is 5.75 Å². The molecule has 214 valence electrons. The van der Waals surface area contributed by atoms with Crippen LogP contribution < -0.4 is 14.4 Å². The summed E-state index contributed by atoms with van der Waals surface area (Å²) < 4.78 is 48.6. The second-order valence-corrected chi connectivity index (χ2v) is 11.3. The highest BCUT2D eigenvalue weighted by Crippen LogP contribution is 2.27. The molecular weight excluding hydrogens is 533 g/mol. The largest absolute Gasteiger partial charge is 0.497 e. The van der Waals surface area contributed by atoms with E-state index in [0.717, 1.165) is 28.8 Å². The summed E-state index contributed by atoms with van der Waals surface area (Å²) in [6, 6.07) is 17.6. The van der Waals surface area contributed by atoms with Crippen molar-refractivity contribution < 1.29 is 27.1 Å². The molecule has 0 radical (unpaired) electrons. The summed E-state index contributed by atoms with van der Waals surface area (Å²) in [6.45, 7) is 5.14. The van der Waals surface area contributed by atoms with E-state index in [-0.39, 0.29) is 23.0 Å². The Balaban J connectivity index is 2.02. The third-order valence-electron chi connectivity index (χ3n) is 6.49. The summed E-state index contributed by atoms with van der Waals surface area (Å²) in [7, 11) is -2.82. The van der Waals surface area contributed by atoms with Crippen molar-refractivity contribution in [2.75, 3.05) is 24.5 Å². The van der Waals surface area contributed by atoms with Crippen molar-refractivity contribution in [2.24, 2.45) is 0 Å². The van der Waals surface area contributed by atoms with Crippen LogP contribution in [0.3, 0.4) is 0 Å². The van der Waals surface area contributed by atoms with Crippen LogP contribution in [-0.2, 0) is 26.2 Å². The highest BCUT2D eigenvalue weighted by molar-refractivity contribution is 7.92. The van der Waals surface area contributed by atoms with E-state index in [1.54, 1.807) is 43.3 Å². The zero-order valence-corrected chi connectivity index (χ0v) is 24.1. The van der Waals surface area contributed by atoms with Gasteiger partial charge in [-0.25, -0.2) is 12.8 Å². The Kier molecular flexibility index (Phi) is 10.7. The zero-order chi connectivity index (χ0) is 29.3. The van der Waals surface area contributed by atoms with Gasteiger partial charge in [-0.3, -0.25) is 13.9 Å². The fourth-order valence-electron chi connectivity index (χ4n) is 4.09. The summed E-state index contributed by atoms with van der Waals surface area (Å²) >= 11 is 0. The first-order valence-corrected chi connectivity index (χ1v) is 14.6. The second-order valence-electron chi connectivity index (χ2n) is 9.47. The van der Waals surface area contributed by atoms with Crippen molar-refractivity contribution in [1.29, 1.82) is 0 Å². The molecule has 0 aliphatic heterocycles. The number of carbonyl (C=O) groups is 2. The number of halogens is 1. The first-order chi connectivity index (χ1) is 19.1. The highest BCUT2D eigenvalue weighted by Gasteiger charge is 2.33. The van der Waals surface area contributed by atoms with E-state index in [1.165, 1.54) is 42.3 Å². The lowest BCUT2D eigenvalue weighted by Crippen LogP contribution is -2.51. The van der Waals surface area contributed by atoms with Gasteiger partial charge in [0.05, 0.1) is 17.7 Å². The number of hydrogen-bond donors (Lipinski definition) is 1. The Morgan fingerprint density at radius 1 is 1.02 bits per heavy atom. The van der Waals surface area contributed by atoms with Gasteiger partial charge in [0.1, 0.15) is 24.2 Å². The third-order valence-corrected chi connectivity index (χ3v) is 8.27. The molecule has 0 aliphatic rings. The average Bonchev–Trinajstić information content (AvgIpc) is 2.95. The summed E-state index contributed by atoms with van der Waals surface area (Å²) in [5.41, 5.74) is 1.26.